The van der Waals surface area contributed by atoms with Crippen LogP contribution in [0.5, 0.6) is 11.5 Å². The summed E-state index contributed by atoms with van der Waals surface area (Å²) in [4.78, 5) is 12.4. The first-order chi connectivity index (χ1) is 12.3. The molecule has 0 atom stereocenters. The van der Waals surface area contributed by atoms with Gasteiger partial charge in [0.25, 0.3) is 5.91 Å². The number of rotatable bonds is 5. The zero-order valence-corrected chi connectivity index (χ0v) is 13.6. The van der Waals surface area contributed by atoms with Gasteiger partial charge in [0.05, 0.1) is 11.4 Å². The molecule has 0 spiro atoms. The lowest BCUT2D eigenvalue weighted by Crippen LogP contribution is -2.15. The van der Waals surface area contributed by atoms with Gasteiger partial charge in [-0.1, -0.05) is 30.3 Å². The van der Waals surface area contributed by atoms with Crippen LogP contribution < -0.4 is 10.1 Å². The van der Waals surface area contributed by atoms with Crippen molar-refractivity contribution in [2.75, 3.05) is 5.32 Å². The van der Waals surface area contributed by atoms with Gasteiger partial charge in [-0.15, -0.1) is 5.10 Å². The molecule has 1 fully saturated rings. The van der Waals surface area contributed by atoms with E-state index in [-0.39, 0.29) is 5.91 Å². The first-order valence-electron chi connectivity index (χ1n) is 8.26. The van der Waals surface area contributed by atoms with E-state index in [9.17, 15) is 4.79 Å². The van der Waals surface area contributed by atoms with Gasteiger partial charge in [0, 0.05) is 5.92 Å². The van der Waals surface area contributed by atoms with Gasteiger partial charge in [0.15, 0.2) is 11.4 Å². The fraction of sp³-hybridized carbons (Fsp3) is 0.150. The predicted octanol–water partition coefficient (Wildman–Crippen LogP) is 4.40. The van der Waals surface area contributed by atoms with Crippen LogP contribution in [-0.2, 0) is 0 Å². The molecule has 3 aromatic rings. The molecule has 1 aromatic heterocycles. The maximum Gasteiger partial charge on any atom is 0.276 e. The number of nitrogens with one attached hydrogen (secondary N) is 1. The minimum Gasteiger partial charge on any atom is -0.455 e. The Hall–Kier alpha value is -3.21. The fourth-order valence-corrected chi connectivity index (χ4v) is 2.52. The quantitative estimate of drug-likeness (QED) is 0.752. The molecule has 1 aliphatic carbocycles. The predicted molar refractivity (Wildman–Crippen MR) is 94.9 cm³/mol. The van der Waals surface area contributed by atoms with Crippen LogP contribution >= 0.6 is 0 Å². The van der Waals surface area contributed by atoms with Gasteiger partial charge in [-0.3, -0.25) is 4.79 Å². The Bertz CT molecular complexity index is 875. The molecule has 0 aliphatic heterocycles. The van der Waals surface area contributed by atoms with E-state index in [1.165, 1.54) is 0 Å². The van der Waals surface area contributed by atoms with Gasteiger partial charge in [0.1, 0.15) is 5.75 Å². The van der Waals surface area contributed by atoms with E-state index in [4.69, 9.17) is 4.74 Å². The summed E-state index contributed by atoms with van der Waals surface area (Å²) < 4.78 is 5.85. The Morgan fingerprint density at radius 1 is 0.920 bits per heavy atom. The van der Waals surface area contributed by atoms with Crippen molar-refractivity contribution >= 4 is 11.6 Å². The van der Waals surface area contributed by atoms with Gasteiger partial charge in [-0.2, -0.15) is 5.10 Å². The maximum atomic E-state index is 12.4. The second-order valence-corrected chi connectivity index (χ2v) is 5.98. The number of benzene rings is 2. The molecule has 0 unspecified atom stereocenters. The summed E-state index contributed by atoms with van der Waals surface area (Å²) in [5, 5.41) is 11.0. The van der Waals surface area contributed by atoms with Gasteiger partial charge < -0.3 is 10.1 Å². The number of para-hydroxylation sites is 3. The third-order valence-corrected chi connectivity index (χ3v) is 4.02. The molecule has 5 nitrogen and oxygen atoms in total. The summed E-state index contributed by atoms with van der Waals surface area (Å²) in [6.07, 6.45) is 2.31. The largest absolute Gasteiger partial charge is 0.455 e. The molecule has 4 rings (SSSR count). The highest BCUT2D eigenvalue weighted by atomic mass is 16.5. The van der Waals surface area contributed by atoms with E-state index in [1.54, 1.807) is 12.1 Å². The Kier molecular flexibility index (Phi) is 4.12. The van der Waals surface area contributed by atoms with Crippen molar-refractivity contribution in [3.8, 4) is 11.5 Å². The molecule has 1 N–H and O–H groups in total. The van der Waals surface area contributed by atoms with E-state index in [0.717, 1.165) is 18.5 Å². The molecule has 0 radical (unpaired) electrons. The van der Waals surface area contributed by atoms with Crippen LogP contribution in [0.1, 0.15) is 34.9 Å². The second-order valence-electron chi connectivity index (χ2n) is 5.98. The number of hydrogen-bond acceptors (Lipinski definition) is 4. The molecule has 1 heterocycles. The van der Waals surface area contributed by atoms with Crippen LogP contribution in [0.2, 0.25) is 0 Å². The summed E-state index contributed by atoms with van der Waals surface area (Å²) in [5.41, 5.74) is 1.84. The smallest absolute Gasteiger partial charge is 0.276 e. The van der Waals surface area contributed by atoms with Gasteiger partial charge in [-0.25, -0.2) is 0 Å². The topological polar surface area (TPSA) is 64.1 Å². The number of hydrogen-bond donors (Lipinski definition) is 1. The van der Waals surface area contributed by atoms with Crippen molar-refractivity contribution in [1.82, 2.24) is 10.2 Å². The SMILES string of the molecule is O=C(Nc1ccccc1Oc1ccccc1)c1ccc(C2CC2)nn1. The zero-order chi connectivity index (χ0) is 17.1. The highest BCUT2D eigenvalue weighted by molar-refractivity contribution is 6.03. The first-order valence-corrected chi connectivity index (χ1v) is 8.26. The Morgan fingerprint density at radius 3 is 2.40 bits per heavy atom. The normalized spacial score (nSPS) is 13.3. The van der Waals surface area contributed by atoms with Crippen LogP contribution in [0.25, 0.3) is 0 Å². The third kappa shape index (κ3) is 3.66. The number of aromatic nitrogens is 2. The molecular weight excluding hydrogens is 314 g/mol. The monoisotopic (exact) mass is 331 g/mol. The molecular formula is C20H17N3O2. The lowest BCUT2D eigenvalue weighted by molar-refractivity contribution is 0.102. The molecule has 1 amide bonds. The summed E-state index contributed by atoms with van der Waals surface area (Å²) in [6.45, 7) is 0. The average molecular weight is 331 g/mol. The van der Waals surface area contributed by atoms with Gasteiger partial charge in [-0.05, 0) is 49.2 Å². The van der Waals surface area contributed by atoms with Crippen molar-refractivity contribution in [2.24, 2.45) is 0 Å². The molecule has 2 aromatic carbocycles. The molecule has 1 saturated carbocycles. The summed E-state index contributed by atoms with van der Waals surface area (Å²) in [5.74, 6) is 1.49. The third-order valence-electron chi connectivity index (χ3n) is 4.02. The minimum atomic E-state index is -0.307. The number of anilines is 1. The van der Waals surface area contributed by atoms with E-state index in [0.29, 0.717) is 28.8 Å². The number of carbonyl (C=O) groups is 1. The van der Waals surface area contributed by atoms with Crippen molar-refractivity contribution in [3.63, 3.8) is 0 Å². The van der Waals surface area contributed by atoms with E-state index < -0.39 is 0 Å². The Labute approximate surface area is 145 Å². The molecule has 0 bridgehead atoms. The summed E-state index contributed by atoms with van der Waals surface area (Å²) in [6, 6.07) is 20.3. The van der Waals surface area contributed by atoms with Crippen LogP contribution in [0, 0.1) is 0 Å². The Morgan fingerprint density at radius 2 is 1.68 bits per heavy atom. The van der Waals surface area contributed by atoms with Gasteiger partial charge in [0.2, 0.25) is 0 Å². The van der Waals surface area contributed by atoms with Crippen molar-refractivity contribution in [2.45, 2.75) is 18.8 Å². The highest BCUT2D eigenvalue weighted by Crippen LogP contribution is 2.38. The standard InChI is InChI=1S/C20H17N3O2/c24-20(18-13-12-16(22-23-18)14-10-11-14)21-17-8-4-5-9-19(17)25-15-6-2-1-3-7-15/h1-9,12-14H,10-11H2,(H,21,24). The number of amides is 1. The number of carbonyl (C=O) groups excluding carboxylic acids is 1. The van der Waals surface area contributed by atoms with E-state index in [1.807, 2.05) is 54.6 Å². The van der Waals surface area contributed by atoms with E-state index in [2.05, 4.69) is 15.5 Å². The number of nitrogens with zero attached hydrogens (tertiary/aromatic N) is 2. The molecule has 124 valence electrons. The van der Waals surface area contributed by atoms with Crippen LogP contribution in [0.3, 0.4) is 0 Å². The Balaban J connectivity index is 1.50. The van der Waals surface area contributed by atoms with Crippen molar-refractivity contribution in [3.05, 3.63) is 78.1 Å². The molecule has 1 aliphatic rings. The lowest BCUT2D eigenvalue weighted by atomic mass is 10.2. The molecule has 25 heavy (non-hydrogen) atoms. The number of ether oxygens (including phenoxy) is 1. The zero-order valence-electron chi connectivity index (χ0n) is 13.6. The van der Waals surface area contributed by atoms with Crippen LogP contribution in [0.15, 0.2) is 66.7 Å². The highest BCUT2D eigenvalue weighted by Gasteiger charge is 2.25. The van der Waals surface area contributed by atoms with Crippen molar-refractivity contribution in [1.29, 1.82) is 0 Å². The summed E-state index contributed by atoms with van der Waals surface area (Å²) in [7, 11) is 0. The summed E-state index contributed by atoms with van der Waals surface area (Å²) >= 11 is 0. The van der Waals surface area contributed by atoms with Crippen LogP contribution in [-0.4, -0.2) is 16.1 Å². The second kappa shape index (κ2) is 6.73. The maximum absolute atomic E-state index is 12.4. The van der Waals surface area contributed by atoms with Crippen LogP contribution in [0.4, 0.5) is 5.69 Å². The fourth-order valence-electron chi connectivity index (χ4n) is 2.52. The molecule has 0 saturated heterocycles. The first kappa shape index (κ1) is 15.3. The minimum absolute atomic E-state index is 0.291. The lowest BCUT2D eigenvalue weighted by Gasteiger charge is -2.12. The van der Waals surface area contributed by atoms with Gasteiger partial charge >= 0.3 is 0 Å². The average Bonchev–Trinajstić information content (AvgIpc) is 3.50. The molecule has 5 heteroatoms. The van der Waals surface area contributed by atoms with Crippen molar-refractivity contribution < 1.29 is 9.53 Å². The van der Waals surface area contributed by atoms with E-state index >= 15 is 0 Å².